The molecule has 19 heavy (non-hydrogen) atoms. The predicted molar refractivity (Wildman–Crippen MR) is 67.3 cm³/mol. The summed E-state index contributed by atoms with van der Waals surface area (Å²) in [6.07, 6.45) is 2.70. The number of esters is 1. The highest BCUT2D eigenvalue weighted by Crippen LogP contribution is 2.30. The van der Waals surface area contributed by atoms with Crippen molar-refractivity contribution >= 4 is 17.8 Å². The number of aliphatic carboxylic acids is 1. The van der Waals surface area contributed by atoms with Crippen LogP contribution in [0.3, 0.4) is 0 Å². The van der Waals surface area contributed by atoms with Crippen LogP contribution in [0.1, 0.15) is 39.5 Å². The predicted octanol–water partition coefficient (Wildman–Crippen LogP) is 0.945. The van der Waals surface area contributed by atoms with Crippen LogP contribution in [0.4, 0.5) is 0 Å². The maximum absolute atomic E-state index is 12.2. The van der Waals surface area contributed by atoms with E-state index in [1.54, 1.807) is 0 Å². The quantitative estimate of drug-likeness (QED) is 0.742. The Kier molecular flexibility index (Phi) is 4.91. The van der Waals surface area contributed by atoms with Crippen LogP contribution < -0.4 is 5.32 Å². The lowest BCUT2D eigenvalue weighted by atomic mass is 9.78. The van der Waals surface area contributed by atoms with Crippen molar-refractivity contribution in [2.24, 2.45) is 11.8 Å². The molecule has 108 valence electrons. The number of hydrogen-bond donors (Lipinski definition) is 2. The molecule has 2 unspecified atom stereocenters. The Hall–Kier alpha value is -1.59. The molecule has 0 heterocycles. The Balaban J connectivity index is 2.75. The Morgan fingerprint density at radius 2 is 1.68 bits per heavy atom. The molecule has 6 heteroatoms. The summed E-state index contributed by atoms with van der Waals surface area (Å²) in [6.45, 7) is 3.07. The van der Waals surface area contributed by atoms with E-state index >= 15 is 0 Å². The zero-order chi connectivity index (χ0) is 14.6. The maximum Gasteiger partial charge on any atom is 0.330 e. The zero-order valence-corrected chi connectivity index (χ0v) is 11.6. The highest BCUT2D eigenvalue weighted by molar-refractivity contribution is 5.90. The van der Waals surface area contributed by atoms with Crippen molar-refractivity contribution in [1.29, 1.82) is 0 Å². The minimum absolute atomic E-state index is 0.387. The van der Waals surface area contributed by atoms with Crippen molar-refractivity contribution in [2.45, 2.75) is 45.1 Å². The van der Waals surface area contributed by atoms with Crippen LogP contribution in [0.5, 0.6) is 0 Å². The van der Waals surface area contributed by atoms with E-state index in [2.05, 4.69) is 10.1 Å². The number of hydrogen-bond acceptors (Lipinski definition) is 4. The van der Waals surface area contributed by atoms with E-state index in [0.29, 0.717) is 12.8 Å². The van der Waals surface area contributed by atoms with Gasteiger partial charge in [0.05, 0.1) is 18.9 Å². The zero-order valence-electron chi connectivity index (χ0n) is 11.6. The molecule has 1 saturated carbocycles. The summed E-state index contributed by atoms with van der Waals surface area (Å²) in [5, 5.41) is 11.7. The van der Waals surface area contributed by atoms with Gasteiger partial charge in [-0.3, -0.25) is 9.59 Å². The molecule has 2 N–H and O–H groups in total. The molecule has 0 saturated heterocycles. The van der Waals surface area contributed by atoms with Gasteiger partial charge in [0.25, 0.3) is 0 Å². The van der Waals surface area contributed by atoms with Gasteiger partial charge in [-0.1, -0.05) is 12.8 Å². The van der Waals surface area contributed by atoms with Gasteiger partial charge in [-0.25, -0.2) is 4.79 Å². The Bertz CT molecular complexity index is 377. The van der Waals surface area contributed by atoms with Crippen molar-refractivity contribution in [1.82, 2.24) is 5.32 Å². The van der Waals surface area contributed by atoms with Gasteiger partial charge in [-0.15, -0.1) is 0 Å². The highest BCUT2D eigenvalue weighted by atomic mass is 16.5. The van der Waals surface area contributed by atoms with Crippen molar-refractivity contribution < 1.29 is 24.2 Å². The Morgan fingerprint density at radius 1 is 1.16 bits per heavy atom. The summed E-state index contributed by atoms with van der Waals surface area (Å²) in [7, 11) is 1.25. The van der Waals surface area contributed by atoms with E-state index in [0.717, 1.165) is 12.8 Å². The van der Waals surface area contributed by atoms with Gasteiger partial charge in [0.2, 0.25) is 5.91 Å². The average molecular weight is 271 g/mol. The van der Waals surface area contributed by atoms with Gasteiger partial charge in [0.15, 0.2) is 0 Å². The SMILES string of the molecule is COC(=O)C(C)(C)NC(=O)C1CCCCC1C(=O)O. The fraction of sp³-hybridized carbons (Fsp3) is 0.769. The number of ether oxygens (including phenoxy) is 1. The van der Waals surface area contributed by atoms with Crippen LogP contribution in [-0.4, -0.2) is 35.6 Å². The molecular formula is C13H21NO5. The van der Waals surface area contributed by atoms with E-state index < -0.39 is 29.3 Å². The number of carbonyl (C=O) groups is 3. The molecule has 0 aromatic heterocycles. The lowest BCUT2D eigenvalue weighted by Gasteiger charge is -2.31. The van der Waals surface area contributed by atoms with E-state index in [1.165, 1.54) is 21.0 Å². The largest absolute Gasteiger partial charge is 0.481 e. The van der Waals surface area contributed by atoms with Gasteiger partial charge in [-0.2, -0.15) is 0 Å². The molecule has 0 aromatic carbocycles. The first kappa shape index (κ1) is 15.5. The highest BCUT2D eigenvalue weighted by Gasteiger charge is 2.39. The number of rotatable bonds is 4. The molecule has 1 aliphatic carbocycles. The Labute approximate surface area is 112 Å². The summed E-state index contributed by atoms with van der Waals surface area (Å²) < 4.78 is 4.61. The third-order valence-corrected chi connectivity index (χ3v) is 3.55. The number of carboxylic acid groups (broad SMARTS) is 1. The summed E-state index contributed by atoms with van der Waals surface area (Å²) in [4.78, 5) is 34.8. The number of carbonyl (C=O) groups excluding carboxylic acids is 2. The Morgan fingerprint density at radius 3 is 2.16 bits per heavy atom. The molecule has 1 aliphatic rings. The smallest absolute Gasteiger partial charge is 0.330 e. The molecule has 0 aliphatic heterocycles. The molecule has 0 aromatic rings. The molecule has 0 spiro atoms. The van der Waals surface area contributed by atoms with Gasteiger partial charge >= 0.3 is 11.9 Å². The second-order valence-corrected chi connectivity index (χ2v) is 5.44. The molecule has 0 radical (unpaired) electrons. The number of methoxy groups -OCH3 is 1. The summed E-state index contributed by atoms with van der Waals surface area (Å²) in [6, 6.07) is 0. The summed E-state index contributed by atoms with van der Waals surface area (Å²) >= 11 is 0. The van der Waals surface area contributed by atoms with Gasteiger partial charge in [0.1, 0.15) is 5.54 Å². The van der Waals surface area contributed by atoms with Crippen molar-refractivity contribution in [3.8, 4) is 0 Å². The van der Waals surface area contributed by atoms with Crippen LogP contribution in [0.25, 0.3) is 0 Å². The lowest BCUT2D eigenvalue weighted by molar-refractivity contribution is -0.152. The third-order valence-electron chi connectivity index (χ3n) is 3.55. The number of carboxylic acids is 1. The first-order valence-electron chi connectivity index (χ1n) is 6.43. The standard InChI is InChI=1S/C13H21NO5/c1-13(2,12(18)19-3)14-10(15)8-6-4-5-7-9(8)11(16)17/h8-9H,4-7H2,1-3H3,(H,14,15)(H,16,17). The summed E-state index contributed by atoms with van der Waals surface area (Å²) in [5.74, 6) is -3.13. The maximum atomic E-state index is 12.2. The molecule has 6 nitrogen and oxygen atoms in total. The van der Waals surface area contributed by atoms with Crippen LogP contribution >= 0.6 is 0 Å². The van der Waals surface area contributed by atoms with Crippen LogP contribution in [0.2, 0.25) is 0 Å². The molecule has 2 atom stereocenters. The van der Waals surface area contributed by atoms with Gasteiger partial charge < -0.3 is 15.2 Å². The fourth-order valence-corrected chi connectivity index (χ4v) is 2.45. The van der Waals surface area contributed by atoms with Crippen molar-refractivity contribution in [2.75, 3.05) is 7.11 Å². The van der Waals surface area contributed by atoms with Crippen LogP contribution in [0, 0.1) is 11.8 Å². The molecule has 1 rings (SSSR count). The van der Waals surface area contributed by atoms with E-state index in [-0.39, 0.29) is 5.91 Å². The average Bonchev–Trinajstić information content (AvgIpc) is 2.37. The van der Waals surface area contributed by atoms with Gasteiger partial charge in [-0.05, 0) is 26.7 Å². The van der Waals surface area contributed by atoms with E-state index in [9.17, 15) is 14.4 Å². The minimum atomic E-state index is -1.15. The third kappa shape index (κ3) is 3.68. The fourth-order valence-electron chi connectivity index (χ4n) is 2.45. The summed E-state index contributed by atoms with van der Waals surface area (Å²) in [5.41, 5.74) is -1.15. The number of amides is 1. The van der Waals surface area contributed by atoms with Gasteiger partial charge in [0, 0.05) is 0 Å². The monoisotopic (exact) mass is 271 g/mol. The van der Waals surface area contributed by atoms with Crippen LogP contribution in [-0.2, 0) is 19.1 Å². The molecule has 1 amide bonds. The molecular weight excluding hydrogens is 250 g/mol. The lowest BCUT2D eigenvalue weighted by Crippen LogP contribution is -2.53. The second-order valence-electron chi connectivity index (χ2n) is 5.44. The first-order chi connectivity index (χ1) is 8.79. The van der Waals surface area contributed by atoms with Crippen LogP contribution in [0.15, 0.2) is 0 Å². The topological polar surface area (TPSA) is 92.7 Å². The molecule has 0 bridgehead atoms. The van der Waals surface area contributed by atoms with Crippen molar-refractivity contribution in [3.05, 3.63) is 0 Å². The van der Waals surface area contributed by atoms with E-state index in [1.807, 2.05) is 0 Å². The normalized spacial score (nSPS) is 23.5. The number of nitrogens with one attached hydrogen (secondary N) is 1. The van der Waals surface area contributed by atoms with Crippen molar-refractivity contribution in [3.63, 3.8) is 0 Å². The van der Waals surface area contributed by atoms with E-state index in [4.69, 9.17) is 5.11 Å². The minimum Gasteiger partial charge on any atom is -0.481 e. The second kappa shape index (κ2) is 6.04. The first-order valence-corrected chi connectivity index (χ1v) is 6.43. The molecule has 1 fully saturated rings.